The minimum Gasteiger partial charge on any atom is -0.380 e. The van der Waals surface area contributed by atoms with Crippen LogP contribution in [0.3, 0.4) is 0 Å². The van der Waals surface area contributed by atoms with E-state index < -0.39 is 0 Å². The van der Waals surface area contributed by atoms with Crippen LogP contribution in [0.15, 0.2) is 12.1 Å². The summed E-state index contributed by atoms with van der Waals surface area (Å²) in [7, 11) is 0. The first-order valence-electron chi connectivity index (χ1n) is 5.73. The number of anilines is 1. The van der Waals surface area contributed by atoms with Crippen LogP contribution in [-0.2, 0) is 0 Å². The smallest absolute Gasteiger partial charge is 0.0722 e. The van der Waals surface area contributed by atoms with E-state index in [-0.39, 0.29) is 0 Å². The third kappa shape index (κ3) is 3.00. The van der Waals surface area contributed by atoms with E-state index >= 15 is 0 Å². The van der Waals surface area contributed by atoms with E-state index in [9.17, 15) is 0 Å². The Bertz CT molecular complexity index is 386. The summed E-state index contributed by atoms with van der Waals surface area (Å²) in [5, 5.41) is 5.07. The second-order valence-electron chi connectivity index (χ2n) is 4.42. The zero-order valence-corrected chi connectivity index (χ0v) is 11.6. The van der Waals surface area contributed by atoms with Gasteiger partial charge in [0.2, 0.25) is 0 Å². The topological polar surface area (TPSA) is 38.0 Å². The molecule has 1 saturated carbocycles. The predicted octanol–water partition coefficient (Wildman–Crippen LogP) is 4.19. The maximum absolute atomic E-state index is 6.14. The van der Waals surface area contributed by atoms with Crippen molar-refractivity contribution in [3.8, 4) is 0 Å². The fourth-order valence-corrected chi connectivity index (χ4v) is 3.30. The molecule has 0 spiro atoms. The highest BCUT2D eigenvalue weighted by Crippen LogP contribution is 2.37. The average molecular weight is 294 g/mol. The van der Waals surface area contributed by atoms with Crippen molar-refractivity contribution in [3.63, 3.8) is 0 Å². The Kier molecular flexibility index (Phi) is 4.42. The van der Waals surface area contributed by atoms with Gasteiger partial charge in [0.15, 0.2) is 0 Å². The Balaban J connectivity index is 2.18. The molecule has 2 rings (SSSR count). The molecule has 0 amide bonds. The van der Waals surface area contributed by atoms with Gasteiger partial charge in [-0.3, -0.25) is 0 Å². The lowest BCUT2D eigenvalue weighted by Gasteiger charge is -2.22. The third-order valence-corrected chi connectivity index (χ3v) is 4.11. The van der Waals surface area contributed by atoms with Crippen molar-refractivity contribution in [3.05, 3.63) is 27.2 Å². The van der Waals surface area contributed by atoms with Crippen LogP contribution < -0.4 is 11.1 Å². The summed E-state index contributed by atoms with van der Waals surface area (Å²) < 4.78 is 0. The van der Waals surface area contributed by atoms with E-state index in [1.165, 1.54) is 6.42 Å². The Hall–Kier alpha value is -0.150. The molecule has 1 aliphatic carbocycles. The molecule has 94 valence electrons. The Morgan fingerprint density at radius 1 is 1.18 bits per heavy atom. The second-order valence-corrected chi connectivity index (χ2v) is 5.67. The van der Waals surface area contributed by atoms with Gasteiger partial charge in [0.1, 0.15) is 0 Å². The van der Waals surface area contributed by atoms with Crippen molar-refractivity contribution >= 4 is 40.5 Å². The van der Waals surface area contributed by atoms with Gasteiger partial charge < -0.3 is 11.1 Å². The van der Waals surface area contributed by atoms with Gasteiger partial charge in [-0.1, -0.05) is 41.2 Å². The Morgan fingerprint density at radius 3 is 2.41 bits per heavy atom. The molecule has 2 nitrogen and oxygen atoms in total. The summed E-state index contributed by atoms with van der Waals surface area (Å²) in [4.78, 5) is 0. The molecule has 0 radical (unpaired) electrons. The van der Waals surface area contributed by atoms with E-state index in [1.807, 2.05) is 0 Å². The van der Waals surface area contributed by atoms with Gasteiger partial charge in [-0.25, -0.2) is 0 Å². The lowest BCUT2D eigenvalue weighted by atomic mass is 10.0. The van der Waals surface area contributed by atoms with Crippen LogP contribution >= 0.6 is 34.8 Å². The highest BCUT2D eigenvalue weighted by Gasteiger charge is 2.27. The largest absolute Gasteiger partial charge is 0.380 e. The van der Waals surface area contributed by atoms with Crippen LogP contribution in [0.25, 0.3) is 0 Å². The predicted molar refractivity (Wildman–Crippen MR) is 75.3 cm³/mol. The molecule has 3 N–H and O–H groups in total. The molecule has 1 aliphatic rings. The van der Waals surface area contributed by atoms with Crippen molar-refractivity contribution in [2.24, 2.45) is 11.7 Å². The average Bonchev–Trinajstić information content (AvgIpc) is 2.70. The minimum absolute atomic E-state index is 0.358. The first-order valence-corrected chi connectivity index (χ1v) is 6.86. The third-order valence-electron chi connectivity index (χ3n) is 3.30. The van der Waals surface area contributed by atoms with Crippen molar-refractivity contribution in [1.29, 1.82) is 0 Å². The van der Waals surface area contributed by atoms with Gasteiger partial charge in [0.05, 0.1) is 15.7 Å². The van der Waals surface area contributed by atoms with Gasteiger partial charge >= 0.3 is 0 Å². The lowest BCUT2D eigenvalue weighted by Crippen LogP contribution is -2.29. The Labute approximate surface area is 116 Å². The second kappa shape index (κ2) is 5.66. The number of rotatable bonds is 3. The number of hydrogen-bond donors (Lipinski definition) is 2. The summed E-state index contributed by atoms with van der Waals surface area (Å²) >= 11 is 18.2. The van der Waals surface area contributed by atoms with Crippen LogP contribution in [0.5, 0.6) is 0 Å². The van der Waals surface area contributed by atoms with E-state index in [1.54, 1.807) is 12.1 Å². The highest BCUT2D eigenvalue weighted by atomic mass is 35.5. The van der Waals surface area contributed by atoms with Crippen LogP contribution in [0.2, 0.25) is 15.1 Å². The van der Waals surface area contributed by atoms with Crippen LogP contribution in [0, 0.1) is 5.92 Å². The molecule has 0 bridgehead atoms. The van der Waals surface area contributed by atoms with Crippen molar-refractivity contribution in [2.45, 2.75) is 25.3 Å². The fourth-order valence-electron chi connectivity index (χ4n) is 2.37. The molecule has 5 heteroatoms. The Morgan fingerprint density at radius 2 is 1.82 bits per heavy atom. The maximum Gasteiger partial charge on any atom is 0.0722 e. The first-order chi connectivity index (χ1) is 8.11. The summed E-state index contributed by atoms with van der Waals surface area (Å²) in [6.45, 7) is 0.695. The van der Waals surface area contributed by atoms with Crippen LogP contribution in [0.4, 0.5) is 5.69 Å². The summed E-state index contributed by atoms with van der Waals surface area (Å²) in [6, 6.07) is 3.75. The highest BCUT2D eigenvalue weighted by molar-refractivity contribution is 6.41. The molecule has 0 aliphatic heterocycles. The van der Waals surface area contributed by atoms with Crippen molar-refractivity contribution < 1.29 is 0 Å². The summed E-state index contributed by atoms with van der Waals surface area (Å²) in [5.41, 5.74) is 6.52. The first kappa shape index (κ1) is 13.3. The molecule has 0 aromatic heterocycles. The minimum atomic E-state index is 0.358. The lowest BCUT2D eigenvalue weighted by molar-refractivity contribution is 0.516. The number of halogens is 3. The van der Waals surface area contributed by atoms with Crippen LogP contribution in [-0.4, -0.2) is 12.6 Å². The van der Waals surface area contributed by atoms with Gasteiger partial charge in [0.25, 0.3) is 0 Å². The van der Waals surface area contributed by atoms with E-state index in [2.05, 4.69) is 5.32 Å². The monoisotopic (exact) mass is 292 g/mol. The molecule has 1 aromatic carbocycles. The maximum atomic E-state index is 6.14. The van der Waals surface area contributed by atoms with Crippen molar-refractivity contribution in [2.75, 3.05) is 11.9 Å². The fraction of sp³-hybridized carbons (Fsp3) is 0.500. The van der Waals surface area contributed by atoms with Gasteiger partial charge in [-0.2, -0.15) is 0 Å². The zero-order chi connectivity index (χ0) is 12.4. The molecule has 0 heterocycles. The normalized spacial score (nSPS) is 24.0. The molecule has 1 aromatic rings. The molecule has 2 unspecified atom stereocenters. The number of nitrogens with one attached hydrogen (secondary N) is 1. The molecule has 1 fully saturated rings. The summed E-state index contributed by atoms with van der Waals surface area (Å²) in [6.07, 6.45) is 3.47. The zero-order valence-electron chi connectivity index (χ0n) is 9.35. The number of benzene rings is 1. The number of hydrogen-bond acceptors (Lipinski definition) is 2. The number of nitrogens with two attached hydrogens (primary N) is 1. The standard InChI is InChI=1S/C12H15Cl3N2/c13-8-4-9(14)12(10(15)5-8)17-11-3-1-2-7(11)6-16/h4-5,7,11,17H,1-3,6,16H2. The SMILES string of the molecule is NCC1CCCC1Nc1c(Cl)cc(Cl)cc1Cl. The van der Waals surface area contributed by atoms with Gasteiger partial charge in [-0.15, -0.1) is 0 Å². The molecular formula is C12H15Cl3N2. The molecular weight excluding hydrogens is 279 g/mol. The van der Waals surface area contributed by atoms with Crippen molar-refractivity contribution in [1.82, 2.24) is 0 Å². The van der Waals surface area contributed by atoms with E-state index in [4.69, 9.17) is 40.5 Å². The van der Waals surface area contributed by atoms with Gasteiger partial charge in [0, 0.05) is 11.1 Å². The van der Waals surface area contributed by atoms with E-state index in [0.717, 1.165) is 18.5 Å². The van der Waals surface area contributed by atoms with E-state index in [0.29, 0.717) is 33.6 Å². The van der Waals surface area contributed by atoms with Gasteiger partial charge in [-0.05, 0) is 37.4 Å². The quantitative estimate of drug-likeness (QED) is 0.877. The van der Waals surface area contributed by atoms with Crippen LogP contribution in [0.1, 0.15) is 19.3 Å². The summed E-state index contributed by atoms with van der Waals surface area (Å²) in [5.74, 6) is 0.498. The molecule has 17 heavy (non-hydrogen) atoms. The molecule has 0 saturated heterocycles. The molecule has 2 atom stereocenters.